The van der Waals surface area contributed by atoms with Crippen molar-refractivity contribution in [1.82, 2.24) is 20.4 Å². The highest BCUT2D eigenvalue weighted by atomic mass is 35.5. The lowest BCUT2D eigenvalue weighted by atomic mass is 10.1. The number of halogens is 1. The summed E-state index contributed by atoms with van der Waals surface area (Å²) in [6.07, 6.45) is 0.842. The molecule has 0 unspecified atom stereocenters. The van der Waals surface area contributed by atoms with Crippen molar-refractivity contribution in [1.29, 1.82) is 0 Å². The number of aromatic amines is 1. The van der Waals surface area contributed by atoms with Gasteiger partial charge in [0, 0.05) is 55.2 Å². The van der Waals surface area contributed by atoms with Crippen LogP contribution in [0.4, 0.5) is 11.4 Å². The Morgan fingerprint density at radius 2 is 1.79 bits per heavy atom. The molecule has 4 rings (SSSR count). The maximum absolute atomic E-state index is 12.5. The molecule has 156 valence electrons. The molecule has 3 heterocycles. The predicted octanol–water partition coefficient (Wildman–Crippen LogP) is 1.00. The van der Waals surface area contributed by atoms with Gasteiger partial charge in [-0.1, -0.05) is 0 Å². The SMILES string of the molecule is Cl.O=C(CN1CCOCC1)Nc1ccc(NC(=O)c2n[nH]c3c2CNCC3)cc1. The average Bonchev–Trinajstić information content (AvgIpc) is 3.14. The van der Waals surface area contributed by atoms with E-state index in [0.717, 1.165) is 37.3 Å². The Bertz CT molecular complexity index is 848. The number of morpholine rings is 1. The lowest BCUT2D eigenvalue weighted by Crippen LogP contribution is -2.41. The van der Waals surface area contributed by atoms with Crippen LogP contribution in [-0.2, 0) is 22.5 Å². The summed E-state index contributed by atoms with van der Waals surface area (Å²) in [6.45, 7) is 4.74. The first kappa shape index (κ1) is 21.3. The highest BCUT2D eigenvalue weighted by Crippen LogP contribution is 2.18. The van der Waals surface area contributed by atoms with E-state index in [-0.39, 0.29) is 24.2 Å². The molecule has 0 radical (unpaired) electrons. The normalized spacial score (nSPS) is 16.4. The molecule has 29 heavy (non-hydrogen) atoms. The van der Waals surface area contributed by atoms with Crippen LogP contribution < -0.4 is 16.0 Å². The molecule has 0 bridgehead atoms. The van der Waals surface area contributed by atoms with Gasteiger partial charge in [0.2, 0.25) is 5.91 Å². The maximum Gasteiger partial charge on any atom is 0.276 e. The minimum absolute atomic E-state index is 0. The van der Waals surface area contributed by atoms with E-state index in [1.54, 1.807) is 24.3 Å². The molecule has 2 aliphatic heterocycles. The number of nitrogens with one attached hydrogen (secondary N) is 4. The second kappa shape index (κ2) is 9.84. The van der Waals surface area contributed by atoms with Crippen LogP contribution in [-0.4, -0.2) is 66.3 Å². The Kier molecular flexibility index (Phi) is 7.21. The van der Waals surface area contributed by atoms with Crippen LogP contribution in [0, 0.1) is 0 Å². The molecule has 1 aromatic heterocycles. The smallest absolute Gasteiger partial charge is 0.276 e. The van der Waals surface area contributed by atoms with E-state index in [2.05, 4.69) is 31.0 Å². The van der Waals surface area contributed by atoms with Gasteiger partial charge in [0.15, 0.2) is 5.69 Å². The van der Waals surface area contributed by atoms with Gasteiger partial charge in [0.1, 0.15) is 0 Å². The van der Waals surface area contributed by atoms with Crippen molar-refractivity contribution in [2.45, 2.75) is 13.0 Å². The fourth-order valence-electron chi connectivity index (χ4n) is 3.40. The third-order valence-corrected chi connectivity index (χ3v) is 4.92. The molecule has 2 aromatic rings. The van der Waals surface area contributed by atoms with Gasteiger partial charge in [-0.15, -0.1) is 12.4 Å². The number of rotatable bonds is 5. The highest BCUT2D eigenvalue weighted by Gasteiger charge is 2.21. The van der Waals surface area contributed by atoms with Gasteiger partial charge < -0.3 is 20.7 Å². The van der Waals surface area contributed by atoms with E-state index >= 15 is 0 Å². The number of anilines is 2. The quantitative estimate of drug-likeness (QED) is 0.574. The number of benzene rings is 1. The van der Waals surface area contributed by atoms with Gasteiger partial charge in [-0.05, 0) is 24.3 Å². The van der Waals surface area contributed by atoms with E-state index in [1.807, 2.05) is 0 Å². The molecule has 1 saturated heterocycles. The van der Waals surface area contributed by atoms with E-state index in [0.29, 0.717) is 43.4 Å². The molecule has 4 N–H and O–H groups in total. The van der Waals surface area contributed by atoms with E-state index in [4.69, 9.17) is 4.74 Å². The Morgan fingerprint density at radius 1 is 1.10 bits per heavy atom. The highest BCUT2D eigenvalue weighted by molar-refractivity contribution is 6.04. The maximum atomic E-state index is 12.5. The summed E-state index contributed by atoms with van der Waals surface area (Å²) >= 11 is 0. The molecule has 0 aliphatic carbocycles. The third-order valence-electron chi connectivity index (χ3n) is 4.92. The molecule has 0 saturated carbocycles. The van der Waals surface area contributed by atoms with Gasteiger partial charge in [-0.2, -0.15) is 5.10 Å². The average molecular weight is 421 g/mol. The summed E-state index contributed by atoms with van der Waals surface area (Å²) < 4.78 is 5.28. The number of ether oxygens (including phenoxy) is 1. The molecule has 0 spiro atoms. The van der Waals surface area contributed by atoms with Gasteiger partial charge in [-0.3, -0.25) is 19.6 Å². The van der Waals surface area contributed by atoms with Gasteiger partial charge in [0.25, 0.3) is 5.91 Å². The zero-order valence-electron chi connectivity index (χ0n) is 16.0. The van der Waals surface area contributed by atoms with Crippen molar-refractivity contribution in [3.05, 3.63) is 41.2 Å². The Hall–Kier alpha value is -2.46. The Morgan fingerprint density at radius 3 is 2.52 bits per heavy atom. The second-order valence-corrected chi connectivity index (χ2v) is 6.92. The molecule has 2 amide bonds. The Labute approximate surface area is 175 Å². The number of fused-ring (bicyclic) bond motifs is 1. The number of carbonyl (C=O) groups excluding carboxylic acids is 2. The summed E-state index contributed by atoms with van der Waals surface area (Å²) in [5.74, 6) is -0.306. The predicted molar refractivity (Wildman–Crippen MR) is 112 cm³/mol. The fourth-order valence-corrected chi connectivity index (χ4v) is 3.40. The van der Waals surface area contributed by atoms with E-state index in [9.17, 15) is 9.59 Å². The first-order valence-corrected chi connectivity index (χ1v) is 9.47. The lowest BCUT2D eigenvalue weighted by Gasteiger charge is -2.25. The minimum atomic E-state index is -0.245. The van der Waals surface area contributed by atoms with Crippen molar-refractivity contribution >= 4 is 35.6 Å². The van der Waals surface area contributed by atoms with Crippen molar-refractivity contribution < 1.29 is 14.3 Å². The summed E-state index contributed by atoms with van der Waals surface area (Å²) in [7, 11) is 0. The minimum Gasteiger partial charge on any atom is -0.379 e. The van der Waals surface area contributed by atoms with Crippen LogP contribution >= 0.6 is 12.4 Å². The fraction of sp³-hybridized carbons (Fsp3) is 0.421. The molecule has 2 aliphatic rings. The number of aromatic nitrogens is 2. The van der Waals surface area contributed by atoms with Gasteiger partial charge in [0.05, 0.1) is 19.8 Å². The zero-order valence-corrected chi connectivity index (χ0v) is 16.8. The monoisotopic (exact) mass is 420 g/mol. The third kappa shape index (κ3) is 5.33. The number of hydrogen-bond acceptors (Lipinski definition) is 6. The molecular formula is C19H25ClN6O3. The second-order valence-electron chi connectivity index (χ2n) is 6.92. The van der Waals surface area contributed by atoms with E-state index in [1.165, 1.54) is 0 Å². The molecular weight excluding hydrogens is 396 g/mol. The number of carbonyl (C=O) groups is 2. The van der Waals surface area contributed by atoms with Crippen LogP contribution in [0.15, 0.2) is 24.3 Å². The summed E-state index contributed by atoms with van der Waals surface area (Å²) in [5, 5.41) is 16.1. The van der Waals surface area contributed by atoms with Crippen LogP contribution in [0.1, 0.15) is 21.7 Å². The molecule has 1 fully saturated rings. The largest absolute Gasteiger partial charge is 0.379 e. The van der Waals surface area contributed by atoms with Crippen LogP contribution in [0.25, 0.3) is 0 Å². The summed E-state index contributed by atoms with van der Waals surface area (Å²) in [6, 6.07) is 7.07. The number of nitrogens with zero attached hydrogens (tertiary/aromatic N) is 2. The van der Waals surface area contributed by atoms with Crippen molar-refractivity contribution in [3.8, 4) is 0 Å². The number of amides is 2. The molecule has 0 atom stereocenters. The molecule has 9 nitrogen and oxygen atoms in total. The van der Waals surface area contributed by atoms with Crippen LogP contribution in [0.2, 0.25) is 0 Å². The van der Waals surface area contributed by atoms with Gasteiger partial charge in [-0.25, -0.2) is 0 Å². The topological polar surface area (TPSA) is 111 Å². The first-order chi connectivity index (χ1) is 13.7. The summed E-state index contributed by atoms with van der Waals surface area (Å²) in [5.41, 5.74) is 3.71. The van der Waals surface area contributed by atoms with Crippen molar-refractivity contribution in [2.24, 2.45) is 0 Å². The first-order valence-electron chi connectivity index (χ1n) is 9.47. The van der Waals surface area contributed by atoms with Crippen LogP contribution in [0.5, 0.6) is 0 Å². The number of hydrogen-bond donors (Lipinski definition) is 4. The summed E-state index contributed by atoms with van der Waals surface area (Å²) in [4.78, 5) is 26.7. The molecule has 1 aromatic carbocycles. The van der Waals surface area contributed by atoms with Crippen molar-refractivity contribution in [3.63, 3.8) is 0 Å². The van der Waals surface area contributed by atoms with Crippen molar-refractivity contribution in [2.75, 3.05) is 50.0 Å². The van der Waals surface area contributed by atoms with Crippen LogP contribution in [0.3, 0.4) is 0 Å². The van der Waals surface area contributed by atoms with Gasteiger partial charge >= 0.3 is 0 Å². The lowest BCUT2D eigenvalue weighted by molar-refractivity contribution is -0.118. The van der Waals surface area contributed by atoms with E-state index < -0.39 is 0 Å². The zero-order chi connectivity index (χ0) is 19.3. The standard InChI is InChI=1S/C19H24N6O3.ClH/c26-17(12-25-7-9-28-10-8-25)21-13-1-3-14(4-2-13)22-19(27)18-15-11-20-6-5-16(15)23-24-18;/h1-4,20H,5-12H2,(H,21,26)(H,22,27)(H,23,24);1H. The Balaban J connectivity index is 0.00000240. The molecule has 10 heteroatoms. The number of H-pyrrole nitrogens is 1.